The van der Waals surface area contributed by atoms with Crippen LogP contribution in [-0.4, -0.2) is 18.4 Å². The second kappa shape index (κ2) is 10.3. The number of nitrogens with one attached hydrogen (secondary N) is 2. The molecule has 0 aliphatic carbocycles. The normalized spacial score (nSPS) is 12.7. The first kappa shape index (κ1) is 22.2. The van der Waals surface area contributed by atoms with E-state index in [9.17, 15) is 9.59 Å². The maximum absolute atomic E-state index is 12.3. The molecule has 0 aliphatic heterocycles. The molecule has 2 N–H and O–H groups in total. The van der Waals surface area contributed by atoms with Crippen molar-refractivity contribution < 1.29 is 9.59 Å². The van der Waals surface area contributed by atoms with E-state index in [0.717, 1.165) is 24.8 Å². The molecule has 1 aromatic carbocycles. The van der Waals surface area contributed by atoms with Crippen LogP contribution < -0.4 is 10.6 Å². The summed E-state index contributed by atoms with van der Waals surface area (Å²) >= 11 is 0. The van der Waals surface area contributed by atoms with Crippen LogP contribution in [0.4, 0.5) is 0 Å². The molecule has 2 amide bonds. The summed E-state index contributed by atoms with van der Waals surface area (Å²) in [6, 6.07) is 8.64. The Morgan fingerprint density at radius 1 is 1.00 bits per heavy atom. The topological polar surface area (TPSA) is 58.2 Å². The third-order valence-corrected chi connectivity index (χ3v) is 4.57. The highest BCUT2D eigenvalue weighted by Crippen LogP contribution is 2.26. The van der Waals surface area contributed by atoms with Crippen LogP contribution in [0.1, 0.15) is 84.4 Å². The van der Waals surface area contributed by atoms with Crippen LogP contribution in [0, 0.1) is 5.92 Å². The van der Waals surface area contributed by atoms with E-state index in [1.54, 1.807) is 0 Å². The van der Waals surface area contributed by atoms with Gasteiger partial charge in [-0.1, -0.05) is 65.3 Å². The first-order valence-electron chi connectivity index (χ1n) is 9.75. The monoisotopic (exact) mass is 360 g/mol. The van der Waals surface area contributed by atoms with Gasteiger partial charge in [0.1, 0.15) is 0 Å². The van der Waals surface area contributed by atoms with E-state index in [0.29, 0.717) is 18.9 Å². The standard InChI is InChI=1S/C22H36N2O2/c1-16(2)21(18-11-13-19(14-12-18)22(4,5)6)24-20(26)10-8-7-9-15-23-17(3)25/h11-14,16,21H,7-10,15H2,1-6H3,(H,23,25)(H,24,26). The number of unbranched alkanes of at least 4 members (excludes halogenated alkanes) is 2. The second-order valence-electron chi connectivity index (χ2n) is 8.45. The molecule has 0 bridgehead atoms. The van der Waals surface area contributed by atoms with Gasteiger partial charge in [0.2, 0.25) is 11.8 Å². The molecule has 26 heavy (non-hydrogen) atoms. The predicted molar refractivity (Wildman–Crippen MR) is 108 cm³/mol. The molecule has 1 unspecified atom stereocenters. The number of hydrogen-bond donors (Lipinski definition) is 2. The molecule has 4 nitrogen and oxygen atoms in total. The minimum Gasteiger partial charge on any atom is -0.356 e. The zero-order valence-corrected chi connectivity index (χ0v) is 17.3. The third kappa shape index (κ3) is 8.03. The van der Waals surface area contributed by atoms with Crippen LogP contribution in [-0.2, 0) is 15.0 Å². The molecule has 146 valence electrons. The molecule has 0 aromatic heterocycles. The summed E-state index contributed by atoms with van der Waals surface area (Å²) in [7, 11) is 0. The number of hydrogen-bond acceptors (Lipinski definition) is 2. The smallest absolute Gasteiger partial charge is 0.220 e. The lowest BCUT2D eigenvalue weighted by Crippen LogP contribution is -2.31. The Balaban J connectivity index is 2.52. The fraction of sp³-hybridized carbons (Fsp3) is 0.636. The van der Waals surface area contributed by atoms with Crippen LogP contribution in [0.15, 0.2) is 24.3 Å². The minimum absolute atomic E-state index is 0.00000245. The average Bonchev–Trinajstić information content (AvgIpc) is 2.54. The van der Waals surface area contributed by atoms with Gasteiger partial charge in [-0.25, -0.2) is 0 Å². The van der Waals surface area contributed by atoms with Gasteiger partial charge in [0, 0.05) is 19.9 Å². The van der Waals surface area contributed by atoms with Crippen molar-refractivity contribution in [2.75, 3.05) is 6.54 Å². The van der Waals surface area contributed by atoms with E-state index < -0.39 is 0 Å². The highest BCUT2D eigenvalue weighted by atomic mass is 16.2. The van der Waals surface area contributed by atoms with Crippen molar-refractivity contribution in [3.8, 4) is 0 Å². The Hall–Kier alpha value is -1.84. The molecule has 0 radical (unpaired) electrons. The first-order valence-corrected chi connectivity index (χ1v) is 9.75. The molecular formula is C22H36N2O2. The third-order valence-electron chi connectivity index (χ3n) is 4.57. The van der Waals surface area contributed by atoms with Crippen molar-refractivity contribution in [2.24, 2.45) is 5.92 Å². The first-order chi connectivity index (χ1) is 12.1. The molecule has 0 aliphatic rings. The molecule has 0 saturated carbocycles. The molecule has 1 rings (SSSR count). The van der Waals surface area contributed by atoms with Crippen LogP contribution in [0.2, 0.25) is 0 Å². The van der Waals surface area contributed by atoms with Crippen molar-refractivity contribution in [3.63, 3.8) is 0 Å². The van der Waals surface area contributed by atoms with E-state index in [2.05, 4.69) is 69.5 Å². The maximum Gasteiger partial charge on any atom is 0.220 e. The van der Waals surface area contributed by atoms with E-state index in [-0.39, 0.29) is 23.3 Å². The van der Waals surface area contributed by atoms with Gasteiger partial charge in [0.15, 0.2) is 0 Å². The number of carbonyl (C=O) groups excluding carboxylic acids is 2. The summed E-state index contributed by atoms with van der Waals surface area (Å²) in [5.74, 6) is 0.433. The van der Waals surface area contributed by atoms with Gasteiger partial charge in [-0.05, 0) is 35.3 Å². The molecule has 0 spiro atoms. The molecule has 1 aromatic rings. The SMILES string of the molecule is CC(=O)NCCCCCC(=O)NC(c1ccc(C(C)(C)C)cc1)C(C)C. The van der Waals surface area contributed by atoms with Crippen molar-refractivity contribution in [2.45, 2.75) is 78.7 Å². The quantitative estimate of drug-likeness (QED) is 0.637. The van der Waals surface area contributed by atoms with Crippen LogP contribution in [0.5, 0.6) is 0 Å². The van der Waals surface area contributed by atoms with Crippen molar-refractivity contribution >= 4 is 11.8 Å². The Morgan fingerprint density at radius 2 is 1.62 bits per heavy atom. The summed E-state index contributed by atoms with van der Waals surface area (Å²) in [5, 5.41) is 5.97. The lowest BCUT2D eigenvalue weighted by Gasteiger charge is -2.25. The van der Waals surface area contributed by atoms with Gasteiger partial charge < -0.3 is 10.6 Å². The van der Waals surface area contributed by atoms with Gasteiger partial charge in [-0.15, -0.1) is 0 Å². The van der Waals surface area contributed by atoms with E-state index in [1.165, 1.54) is 12.5 Å². The van der Waals surface area contributed by atoms with Crippen molar-refractivity contribution in [1.82, 2.24) is 10.6 Å². The van der Waals surface area contributed by atoms with Gasteiger partial charge >= 0.3 is 0 Å². The van der Waals surface area contributed by atoms with Crippen LogP contribution in [0.3, 0.4) is 0 Å². The Morgan fingerprint density at radius 3 is 2.12 bits per heavy atom. The average molecular weight is 361 g/mol. The summed E-state index contributed by atoms with van der Waals surface area (Å²) < 4.78 is 0. The Kier molecular flexibility index (Phi) is 8.83. The zero-order valence-electron chi connectivity index (χ0n) is 17.3. The molecule has 1 atom stereocenters. The summed E-state index contributed by atoms with van der Waals surface area (Å²) in [6.45, 7) is 13.1. The van der Waals surface area contributed by atoms with Crippen molar-refractivity contribution in [3.05, 3.63) is 35.4 Å². The molecule has 4 heteroatoms. The number of rotatable bonds is 9. The Bertz CT molecular complexity index is 571. The number of amides is 2. The summed E-state index contributed by atoms with van der Waals surface area (Å²) in [4.78, 5) is 23.1. The second-order valence-corrected chi connectivity index (χ2v) is 8.45. The lowest BCUT2D eigenvalue weighted by atomic mass is 9.85. The van der Waals surface area contributed by atoms with Gasteiger partial charge in [-0.2, -0.15) is 0 Å². The van der Waals surface area contributed by atoms with E-state index in [4.69, 9.17) is 0 Å². The molecule has 0 fully saturated rings. The highest BCUT2D eigenvalue weighted by Gasteiger charge is 2.19. The van der Waals surface area contributed by atoms with E-state index in [1.807, 2.05) is 0 Å². The van der Waals surface area contributed by atoms with Gasteiger partial charge in [-0.3, -0.25) is 9.59 Å². The van der Waals surface area contributed by atoms with Gasteiger partial charge in [0.05, 0.1) is 6.04 Å². The van der Waals surface area contributed by atoms with E-state index >= 15 is 0 Å². The molecule has 0 saturated heterocycles. The van der Waals surface area contributed by atoms with Crippen LogP contribution >= 0.6 is 0 Å². The summed E-state index contributed by atoms with van der Waals surface area (Å²) in [5.41, 5.74) is 2.59. The largest absolute Gasteiger partial charge is 0.356 e. The van der Waals surface area contributed by atoms with Crippen molar-refractivity contribution in [1.29, 1.82) is 0 Å². The number of carbonyl (C=O) groups is 2. The lowest BCUT2D eigenvalue weighted by molar-refractivity contribution is -0.122. The fourth-order valence-electron chi connectivity index (χ4n) is 2.92. The predicted octanol–water partition coefficient (Wildman–Crippen LogP) is 4.49. The Labute approximate surface area is 159 Å². The highest BCUT2D eigenvalue weighted by molar-refractivity contribution is 5.76. The van der Waals surface area contributed by atoms with Crippen LogP contribution in [0.25, 0.3) is 0 Å². The fourth-order valence-corrected chi connectivity index (χ4v) is 2.92. The number of benzene rings is 1. The summed E-state index contributed by atoms with van der Waals surface area (Å²) in [6.07, 6.45) is 3.23. The zero-order chi connectivity index (χ0) is 19.7. The minimum atomic E-state index is -0.00000245. The maximum atomic E-state index is 12.3. The van der Waals surface area contributed by atoms with Gasteiger partial charge in [0.25, 0.3) is 0 Å². The molecular weight excluding hydrogens is 324 g/mol. The molecule has 0 heterocycles.